The zero-order valence-electron chi connectivity index (χ0n) is 12.7. The van der Waals surface area contributed by atoms with E-state index in [0.29, 0.717) is 12.1 Å². The van der Waals surface area contributed by atoms with E-state index in [1.807, 2.05) is 26.1 Å². The van der Waals surface area contributed by atoms with Crippen molar-refractivity contribution in [2.45, 2.75) is 33.2 Å². The molecule has 0 saturated heterocycles. The van der Waals surface area contributed by atoms with Crippen molar-refractivity contribution in [3.8, 4) is 0 Å². The first-order chi connectivity index (χ1) is 9.49. The van der Waals surface area contributed by atoms with Crippen molar-refractivity contribution in [2.75, 3.05) is 14.2 Å². The van der Waals surface area contributed by atoms with Crippen LogP contribution in [0.5, 0.6) is 0 Å². The summed E-state index contributed by atoms with van der Waals surface area (Å²) in [5.74, 6) is -0.138. The van der Waals surface area contributed by atoms with Gasteiger partial charge in [0.2, 0.25) is 5.91 Å². The Morgan fingerprint density at radius 3 is 2.35 bits per heavy atom. The second-order valence-electron chi connectivity index (χ2n) is 5.07. The van der Waals surface area contributed by atoms with Gasteiger partial charge in [-0.05, 0) is 24.1 Å². The first kappa shape index (κ1) is 16.2. The summed E-state index contributed by atoms with van der Waals surface area (Å²) in [4.78, 5) is 25.2. The molecule has 1 unspecified atom stereocenters. The lowest BCUT2D eigenvalue weighted by atomic mass is 10.0. The summed E-state index contributed by atoms with van der Waals surface area (Å²) in [6, 6.07) is 7.13. The number of ether oxygens (including phenoxy) is 1. The third-order valence-electron chi connectivity index (χ3n) is 3.31. The lowest BCUT2D eigenvalue weighted by Gasteiger charge is -2.21. The van der Waals surface area contributed by atoms with E-state index in [4.69, 9.17) is 0 Å². The third-order valence-corrected chi connectivity index (χ3v) is 3.31. The minimum Gasteiger partial charge on any atom is -0.465 e. The topological polar surface area (TPSA) is 46.6 Å². The molecule has 0 N–H and O–H groups in total. The van der Waals surface area contributed by atoms with Gasteiger partial charge >= 0.3 is 5.97 Å². The number of hydrogen-bond acceptors (Lipinski definition) is 3. The Hall–Kier alpha value is -1.84. The van der Waals surface area contributed by atoms with Gasteiger partial charge in [-0.15, -0.1) is 0 Å². The summed E-state index contributed by atoms with van der Waals surface area (Å²) in [6.45, 7) is 4.59. The molecule has 0 aromatic heterocycles. The second kappa shape index (κ2) is 7.68. The standard InChI is InChI=1S/C16H23NO3/c1-5-6-12(2)15(18)17(3)11-13-7-9-14(10-8-13)16(19)20-4/h7-10,12H,5-6,11H2,1-4H3. The Bertz CT molecular complexity index is 453. The molecule has 1 aromatic carbocycles. The number of hydrogen-bond donors (Lipinski definition) is 0. The lowest BCUT2D eigenvalue weighted by Crippen LogP contribution is -2.31. The SMILES string of the molecule is CCCC(C)C(=O)N(C)Cc1ccc(C(=O)OC)cc1. The van der Waals surface area contributed by atoms with Gasteiger partial charge in [0, 0.05) is 19.5 Å². The van der Waals surface area contributed by atoms with Gasteiger partial charge in [-0.25, -0.2) is 4.79 Å². The van der Waals surface area contributed by atoms with Crippen molar-refractivity contribution in [1.82, 2.24) is 4.90 Å². The number of esters is 1. The summed E-state index contributed by atoms with van der Waals surface area (Å²) in [5, 5.41) is 0. The molecule has 1 aromatic rings. The smallest absolute Gasteiger partial charge is 0.337 e. The van der Waals surface area contributed by atoms with E-state index < -0.39 is 0 Å². The van der Waals surface area contributed by atoms with Crippen molar-refractivity contribution in [1.29, 1.82) is 0 Å². The summed E-state index contributed by atoms with van der Waals surface area (Å²) in [7, 11) is 3.17. The van der Waals surface area contributed by atoms with Crippen molar-refractivity contribution < 1.29 is 14.3 Å². The molecule has 0 radical (unpaired) electrons. The lowest BCUT2D eigenvalue weighted by molar-refractivity contribution is -0.134. The van der Waals surface area contributed by atoms with E-state index in [2.05, 4.69) is 11.7 Å². The first-order valence-electron chi connectivity index (χ1n) is 6.91. The molecule has 0 spiro atoms. The number of nitrogens with zero attached hydrogens (tertiary/aromatic N) is 1. The quantitative estimate of drug-likeness (QED) is 0.751. The molecule has 0 fully saturated rings. The van der Waals surface area contributed by atoms with Crippen molar-refractivity contribution in [2.24, 2.45) is 5.92 Å². The fourth-order valence-corrected chi connectivity index (χ4v) is 2.15. The molecule has 0 aliphatic carbocycles. The summed E-state index contributed by atoms with van der Waals surface area (Å²) < 4.78 is 4.65. The highest BCUT2D eigenvalue weighted by Gasteiger charge is 2.16. The van der Waals surface area contributed by atoms with E-state index in [1.54, 1.807) is 17.0 Å². The molecule has 4 heteroatoms. The van der Waals surface area contributed by atoms with Gasteiger partial charge in [-0.2, -0.15) is 0 Å². The highest BCUT2D eigenvalue weighted by molar-refractivity contribution is 5.89. The molecule has 1 amide bonds. The number of benzene rings is 1. The molecule has 0 aliphatic heterocycles. The van der Waals surface area contributed by atoms with Crippen LogP contribution in [-0.2, 0) is 16.1 Å². The van der Waals surface area contributed by atoms with E-state index >= 15 is 0 Å². The van der Waals surface area contributed by atoms with Crippen LogP contribution in [0.2, 0.25) is 0 Å². The van der Waals surface area contributed by atoms with Crippen LogP contribution in [0.4, 0.5) is 0 Å². The molecule has 0 aliphatic rings. The van der Waals surface area contributed by atoms with Gasteiger partial charge in [-0.3, -0.25) is 4.79 Å². The van der Waals surface area contributed by atoms with Crippen LogP contribution >= 0.6 is 0 Å². The number of carbonyl (C=O) groups is 2. The monoisotopic (exact) mass is 277 g/mol. The van der Waals surface area contributed by atoms with E-state index in [9.17, 15) is 9.59 Å². The Balaban J connectivity index is 2.64. The zero-order chi connectivity index (χ0) is 15.1. The molecule has 0 bridgehead atoms. The molecule has 110 valence electrons. The molecule has 0 saturated carbocycles. The summed E-state index contributed by atoms with van der Waals surface area (Å²) in [6.07, 6.45) is 1.92. The minimum absolute atomic E-state index is 0.0549. The van der Waals surface area contributed by atoms with Gasteiger partial charge in [0.15, 0.2) is 0 Å². The molecule has 0 heterocycles. The Morgan fingerprint density at radius 1 is 1.25 bits per heavy atom. The fraction of sp³-hybridized carbons (Fsp3) is 0.500. The molecular weight excluding hydrogens is 254 g/mol. The number of carbonyl (C=O) groups excluding carboxylic acids is 2. The van der Waals surface area contributed by atoms with Gasteiger partial charge in [-0.1, -0.05) is 32.4 Å². The van der Waals surface area contributed by atoms with Gasteiger partial charge in [0.25, 0.3) is 0 Å². The predicted molar refractivity (Wildman–Crippen MR) is 78.3 cm³/mol. The maximum absolute atomic E-state index is 12.1. The van der Waals surface area contributed by atoms with Crippen molar-refractivity contribution in [3.63, 3.8) is 0 Å². The van der Waals surface area contributed by atoms with Gasteiger partial charge in [0.1, 0.15) is 0 Å². The normalized spacial score (nSPS) is 11.8. The Kier molecular flexibility index (Phi) is 6.22. The van der Waals surface area contributed by atoms with Crippen LogP contribution in [-0.4, -0.2) is 30.9 Å². The van der Waals surface area contributed by atoms with Crippen LogP contribution in [0.25, 0.3) is 0 Å². The number of amides is 1. The summed E-state index contributed by atoms with van der Waals surface area (Å²) >= 11 is 0. The fourth-order valence-electron chi connectivity index (χ4n) is 2.15. The van der Waals surface area contributed by atoms with Crippen LogP contribution < -0.4 is 0 Å². The Labute approximate surface area is 120 Å². The largest absolute Gasteiger partial charge is 0.465 e. The average molecular weight is 277 g/mol. The van der Waals surface area contributed by atoms with Crippen LogP contribution in [0.15, 0.2) is 24.3 Å². The third kappa shape index (κ3) is 4.37. The van der Waals surface area contributed by atoms with Crippen molar-refractivity contribution in [3.05, 3.63) is 35.4 Å². The predicted octanol–water partition coefficient (Wildman–Crippen LogP) is 2.87. The van der Waals surface area contributed by atoms with Gasteiger partial charge < -0.3 is 9.64 Å². The Morgan fingerprint density at radius 2 is 1.85 bits per heavy atom. The van der Waals surface area contributed by atoms with E-state index in [0.717, 1.165) is 18.4 Å². The second-order valence-corrected chi connectivity index (χ2v) is 5.07. The van der Waals surface area contributed by atoms with Crippen molar-refractivity contribution >= 4 is 11.9 Å². The number of methoxy groups -OCH3 is 1. The minimum atomic E-state index is -0.349. The van der Waals surface area contributed by atoms with Gasteiger partial charge in [0.05, 0.1) is 12.7 Å². The maximum Gasteiger partial charge on any atom is 0.337 e. The maximum atomic E-state index is 12.1. The highest BCUT2D eigenvalue weighted by atomic mass is 16.5. The van der Waals surface area contributed by atoms with Crippen LogP contribution in [0.3, 0.4) is 0 Å². The number of rotatable bonds is 6. The molecule has 20 heavy (non-hydrogen) atoms. The van der Waals surface area contributed by atoms with E-state index in [-0.39, 0.29) is 17.8 Å². The molecular formula is C16H23NO3. The molecule has 1 rings (SSSR count). The highest BCUT2D eigenvalue weighted by Crippen LogP contribution is 2.12. The molecule has 1 atom stereocenters. The molecule has 4 nitrogen and oxygen atoms in total. The zero-order valence-corrected chi connectivity index (χ0v) is 12.7. The summed E-state index contributed by atoms with van der Waals surface area (Å²) in [5.41, 5.74) is 1.52. The average Bonchev–Trinajstić information content (AvgIpc) is 2.46. The first-order valence-corrected chi connectivity index (χ1v) is 6.91. The van der Waals surface area contributed by atoms with Crippen LogP contribution in [0.1, 0.15) is 42.6 Å². The van der Waals surface area contributed by atoms with Crippen LogP contribution in [0, 0.1) is 5.92 Å². The van der Waals surface area contributed by atoms with E-state index in [1.165, 1.54) is 7.11 Å².